The van der Waals surface area contributed by atoms with Crippen LogP contribution in [0.4, 0.5) is 11.4 Å². The Balaban J connectivity index is 1.52. The van der Waals surface area contributed by atoms with Gasteiger partial charge in [0.15, 0.2) is 5.76 Å². The molecule has 1 heterocycles. The van der Waals surface area contributed by atoms with Gasteiger partial charge in [-0.15, -0.1) is 0 Å². The smallest absolute Gasteiger partial charge is 0.327 e. The third-order valence-electron chi connectivity index (χ3n) is 6.67. The Morgan fingerprint density at radius 3 is 2.19 bits per heavy atom. The number of amides is 1. The maximum absolute atomic E-state index is 13.1. The van der Waals surface area contributed by atoms with Gasteiger partial charge in [0.2, 0.25) is 0 Å². The van der Waals surface area contributed by atoms with E-state index < -0.39 is 29.2 Å². The van der Waals surface area contributed by atoms with E-state index in [9.17, 15) is 23.5 Å². The minimum Gasteiger partial charge on any atom is -0.755 e. The summed E-state index contributed by atoms with van der Waals surface area (Å²) in [6.07, 6.45) is 0. The molecule has 3 aromatic carbocycles. The molecule has 0 saturated carbocycles. The number of hydrogen-bond acceptors (Lipinski definition) is 6. The Kier molecular flexibility index (Phi) is 9.48. The molecule has 2 atom stereocenters. The monoisotopic (exact) mass is 586 g/mol. The first kappa shape index (κ1) is 30.5. The van der Waals surface area contributed by atoms with E-state index in [0.717, 1.165) is 26.4 Å². The molecule has 10 heteroatoms. The Morgan fingerprint density at radius 2 is 1.64 bits per heavy atom. The number of fused-ring (bicyclic) bond motifs is 1. The number of carbonyl (C=O) groups is 2. The summed E-state index contributed by atoms with van der Waals surface area (Å²) >= 11 is -2.77. The highest BCUT2D eigenvalue weighted by Crippen LogP contribution is 2.30. The minimum absolute atomic E-state index is 0.216. The van der Waals surface area contributed by atoms with Crippen LogP contribution in [0.1, 0.15) is 35.5 Å². The van der Waals surface area contributed by atoms with Crippen LogP contribution in [0.15, 0.2) is 71.1 Å². The van der Waals surface area contributed by atoms with Crippen LogP contribution in [0.2, 0.25) is 0 Å². The molecule has 2 unspecified atom stereocenters. The second-order valence-electron chi connectivity index (χ2n) is 10.4. The summed E-state index contributed by atoms with van der Waals surface area (Å²) in [5, 5.41) is 13.3. The molecule has 218 valence electrons. The normalized spacial score (nSPS) is 12.6. The zero-order chi connectivity index (χ0) is 30.6. The van der Waals surface area contributed by atoms with Crippen molar-refractivity contribution < 1.29 is 27.9 Å². The Hall–Kier alpha value is -4.43. The first-order valence-corrected chi connectivity index (χ1v) is 14.3. The van der Waals surface area contributed by atoms with E-state index in [1.807, 2.05) is 56.3 Å². The number of benzene rings is 3. The van der Waals surface area contributed by atoms with E-state index >= 15 is 0 Å². The number of aryl methyl sites for hydroxylation is 1. The van der Waals surface area contributed by atoms with Crippen molar-refractivity contribution in [3.05, 3.63) is 83.6 Å². The molecule has 0 radical (unpaired) electrons. The lowest BCUT2D eigenvalue weighted by atomic mass is 10.0. The van der Waals surface area contributed by atoms with Crippen molar-refractivity contribution in [2.45, 2.75) is 26.8 Å². The van der Waals surface area contributed by atoms with Crippen LogP contribution in [0.3, 0.4) is 0 Å². The van der Waals surface area contributed by atoms with Crippen LogP contribution < -0.4 is 9.62 Å². The number of carbonyl (C=O) groups excluding carboxylic acids is 1. The lowest BCUT2D eigenvalue weighted by molar-refractivity contribution is -0.139. The molecule has 0 saturated heterocycles. The largest absolute Gasteiger partial charge is 0.755 e. The van der Waals surface area contributed by atoms with Crippen molar-refractivity contribution >= 4 is 45.5 Å². The molecule has 1 aromatic heterocycles. The zero-order valence-electron chi connectivity index (χ0n) is 24.0. The molecule has 0 spiro atoms. The number of rotatable bonds is 9. The van der Waals surface area contributed by atoms with E-state index in [-0.39, 0.29) is 17.4 Å². The summed E-state index contributed by atoms with van der Waals surface area (Å²) in [6.45, 7) is 5.77. The predicted molar refractivity (Wildman–Crippen MR) is 164 cm³/mol. The molecule has 9 nitrogen and oxygen atoms in total. The van der Waals surface area contributed by atoms with E-state index in [2.05, 4.69) is 17.2 Å². The van der Waals surface area contributed by atoms with Gasteiger partial charge in [0.25, 0.3) is 5.91 Å². The summed E-state index contributed by atoms with van der Waals surface area (Å²) in [7, 11) is 3.90. The van der Waals surface area contributed by atoms with Gasteiger partial charge in [0.1, 0.15) is 11.6 Å². The van der Waals surface area contributed by atoms with Gasteiger partial charge in [-0.25, -0.2) is 4.79 Å². The lowest BCUT2D eigenvalue weighted by Gasteiger charge is -2.34. The molecule has 0 aliphatic rings. The third-order valence-corrected chi connectivity index (χ3v) is 7.43. The van der Waals surface area contributed by atoms with Crippen molar-refractivity contribution in [3.8, 4) is 23.0 Å². The number of hydrogen-bond donors (Lipinski definition) is 2. The molecule has 1 amide bonds. The van der Waals surface area contributed by atoms with E-state index in [0.29, 0.717) is 23.4 Å². The van der Waals surface area contributed by atoms with Gasteiger partial charge in [-0.2, -0.15) is 0 Å². The quantitative estimate of drug-likeness (QED) is 0.202. The maximum Gasteiger partial charge on any atom is 0.327 e. The Labute approximate surface area is 247 Å². The van der Waals surface area contributed by atoms with Crippen LogP contribution in [0, 0.1) is 24.7 Å². The molecule has 0 bridgehead atoms. The topological polar surface area (TPSA) is 126 Å². The van der Waals surface area contributed by atoms with E-state index in [1.54, 1.807) is 50.2 Å². The molecule has 4 aromatic rings. The van der Waals surface area contributed by atoms with Crippen LogP contribution in [-0.4, -0.2) is 57.3 Å². The molecular formula is C32H32N3O6S-. The molecule has 4 rings (SSSR count). The first-order chi connectivity index (χ1) is 20.0. The average Bonchev–Trinajstić information content (AvgIpc) is 3.28. The standard InChI is InChI=1S/C32H33N3O6S/c1-20(2)29(32(37)38)35(42(39)40)26-17-13-23(14-18-26)22-11-15-25(16-12-22)33-31(36)30-21(3)28-24(9-7-19-34(4)5)8-6-10-27(28)41-30/h6,8,10-18,20,29H,19H2,1-5H3,(H,33,36)(H,37,38)(H,39,40)/p-1. The second-order valence-corrected chi connectivity index (χ2v) is 11.3. The highest BCUT2D eigenvalue weighted by molar-refractivity contribution is 7.80. The molecule has 2 N–H and O–H groups in total. The van der Waals surface area contributed by atoms with E-state index in [1.165, 1.54) is 0 Å². The van der Waals surface area contributed by atoms with Gasteiger partial charge in [-0.1, -0.05) is 56.0 Å². The molecule has 42 heavy (non-hydrogen) atoms. The molecule has 0 aliphatic heterocycles. The molecule has 0 fully saturated rings. The second kappa shape index (κ2) is 13.0. The highest BCUT2D eigenvalue weighted by Gasteiger charge is 2.30. The summed E-state index contributed by atoms with van der Waals surface area (Å²) in [6, 6.07) is 18.1. The van der Waals surface area contributed by atoms with Crippen molar-refractivity contribution in [2.24, 2.45) is 5.92 Å². The first-order valence-electron chi connectivity index (χ1n) is 13.3. The molecular weight excluding hydrogens is 554 g/mol. The summed E-state index contributed by atoms with van der Waals surface area (Å²) in [4.78, 5) is 26.8. The fraction of sp³-hybridized carbons (Fsp3) is 0.250. The van der Waals surface area contributed by atoms with Crippen LogP contribution in [-0.2, 0) is 16.1 Å². The fourth-order valence-corrected chi connectivity index (χ4v) is 5.46. The fourth-order valence-electron chi connectivity index (χ4n) is 4.65. The number of nitrogens with zero attached hydrogens (tertiary/aromatic N) is 2. The maximum atomic E-state index is 13.1. The number of anilines is 2. The van der Waals surface area contributed by atoms with Crippen molar-refractivity contribution in [1.29, 1.82) is 0 Å². The number of nitrogens with one attached hydrogen (secondary N) is 1. The summed E-state index contributed by atoms with van der Waals surface area (Å²) in [5.74, 6) is 4.48. The van der Waals surface area contributed by atoms with Gasteiger partial charge in [-0.3, -0.25) is 18.2 Å². The third kappa shape index (κ3) is 6.71. The number of carboxylic acid groups (broad SMARTS) is 1. The zero-order valence-corrected chi connectivity index (χ0v) is 24.8. The SMILES string of the molecule is Cc1c(C(=O)Nc2ccc(-c3ccc(N(C(C(=O)O)C(C)C)S(=O)[O-])cc3)cc2)oc2cccc(C#CCN(C)C)c12. The number of carboxylic acids is 1. The van der Waals surface area contributed by atoms with Crippen LogP contribution in [0.25, 0.3) is 22.1 Å². The van der Waals surface area contributed by atoms with Crippen LogP contribution in [0.5, 0.6) is 0 Å². The predicted octanol–water partition coefficient (Wildman–Crippen LogP) is 5.28. The van der Waals surface area contributed by atoms with Gasteiger partial charge in [0, 0.05) is 39.2 Å². The Morgan fingerprint density at radius 1 is 1.02 bits per heavy atom. The van der Waals surface area contributed by atoms with Crippen molar-refractivity contribution in [2.75, 3.05) is 30.3 Å². The lowest BCUT2D eigenvalue weighted by Crippen LogP contribution is -2.45. The summed E-state index contributed by atoms with van der Waals surface area (Å²) < 4.78 is 30.6. The van der Waals surface area contributed by atoms with Gasteiger partial charge in [-0.05, 0) is 74.5 Å². The number of aliphatic carboxylic acids is 1. The highest BCUT2D eigenvalue weighted by atomic mass is 32.2. The molecule has 0 aliphatic carbocycles. The van der Waals surface area contributed by atoms with Gasteiger partial charge in [0.05, 0.1) is 6.54 Å². The van der Waals surface area contributed by atoms with E-state index in [4.69, 9.17) is 4.42 Å². The summed E-state index contributed by atoms with van der Waals surface area (Å²) in [5.41, 5.74) is 4.55. The number of furan rings is 1. The van der Waals surface area contributed by atoms with Gasteiger partial charge >= 0.3 is 5.97 Å². The van der Waals surface area contributed by atoms with Crippen LogP contribution >= 0.6 is 0 Å². The minimum atomic E-state index is -2.77. The Bertz CT molecular complexity index is 1680. The average molecular weight is 587 g/mol. The van der Waals surface area contributed by atoms with Crippen molar-refractivity contribution in [3.63, 3.8) is 0 Å². The van der Waals surface area contributed by atoms with Gasteiger partial charge < -0.3 is 19.4 Å². The van der Waals surface area contributed by atoms with Crippen molar-refractivity contribution in [1.82, 2.24) is 4.90 Å².